The third-order valence-electron chi connectivity index (χ3n) is 6.40. The molecule has 0 bridgehead atoms. The molecule has 206 valence electrons. The molecule has 0 atom stereocenters. The second kappa shape index (κ2) is 31.2. The summed E-state index contributed by atoms with van der Waals surface area (Å²) >= 11 is 0. The molecule has 0 heterocycles. The normalized spacial score (nSPS) is 12.5. The highest BCUT2D eigenvalue weighted by Crippen LogP contribution is 2.13. The molecule has 0 spiro atoms. The monoisotopic (exact) mass is 497 g/mol. The van der Waals surface area contributed by atoms with Gasteiger partial charge in [0.15, 0.2) is 0 Å². The lowest BCUT2D eigenvalue weighted by atomic mass is 10.0. The molecular formula is C34H57O2-. The number of allylic oxidation sites excluding steroid dienone is 10. The molecule has 0 unspecified atom stereocenters. The fourth-order valence-electron chi connectivity index (χ4n) is 4.13. The van der Waals surface area contributed by atoms with Crippen LogP contribution < -0.4 is 5.11 Å². The highest BCUT2D eigenvalue weighted by molar-refractivity contribution is 5.64. The highest BCUT2D eigenvalue weighted by Gasteiger charge is 1.94. The molecule has 0 aromatic carbocycles. The second-order valence-electron chi connectivity index (χ2n) is 9.95. The Labute approximate surface area is 224 Å². The zero-order chi connectivity index (χ0) is 26.2. The van der Waals surface area contributed by atoms with E-state index in [1.54, 1.807) is 0 Å². The fourth-order valence-corrected chi connectivity index (χ4v) is 4.13. The van der Waals surface area contributed by atoms with Crippen LogP contribution in [0.5, 0.6) is 0 Å². The van der Waals surface area contributed by atoms with Crippen molar-refractivity contribution in [3.8, 4) is 0 Å². The molecule has 0 radical (unpaired) electrons. The van der Waals surface area contributed by atoms with Gasteiger partial charge in [-0.25, -0.2) is 0 Å². The molecule has 0 rings (SSSR count). The number of rotatable bonds is 27. The van der Waals surface area contributed by atoms with Crippen LogP contribution in [0.2, 0.25) is 0 Å². The van der Waals surface area contributed by atoms with E-state index in [4.69, 9.17) is 0 Å². The molecule has 0 N–H and O–H groups in total. The Morgan fingerprint density at radius 2 is 0.750 bits per heavy atom. The van der Waals surface area contributed by atoms with E-state index in [1.165, 1.54) is 96.3 Å². The van der Waals surface area contributed by atoms with Crippen molar-refractivity contribution in [2.75, 3.05) is 0 Å². The van der Waals surface area contributed by atoms with Gasteiger partial charge in [0, 0.05) is 5.97 Å². The predicted octanol–water partition coefficient (Wildman–Crippen LogP) is 10.1. The van der Waals surface area contributed by atoms with E-state index in [1.807, 2.05) is 0 Å². The van der Waals surface area contributed by atoms with E-state index < -0.39 is 5.97 Å². The quantitative estimate of drug-likeness (QED) is 0.0836. The molecule has 0 aliphatic heterocycles. The number of hydrogen-bond acceptors (Lipinski definition) is 2. The van der Waals surface area contributed by atoms with E-state index >= 15 is 0 Å². The van der Waals surface area contributed by atoms with Crippen LogP contribution in [0.25, 0.3) is 0 Å². The van der Waals surface area contributed by atoms with Crippen molar-refractivity contribution in [2.24, 2.45) is 0 Å². The first-order valence-corrected chi connectivity index (χ1v) is 15.2. The van der Waals surface area contributed by atoms with E-state index in [-0.39, 0.29) is 6.42 Å². The topological polar surface area (TPSA) is 40.1 Å². The molecule has 0 saturated carbocycles. The summed E-state index contributed by atoms with van der Waals surface area (Å²) in [5, 5.41) is 10.3. The van der Waals surface area contributed by atoms with Gasteiger partial charge in [0.25, 0.3) is 0 Å². The SMILES string of the molecule is CCCCC/C=C\C/C=C\C/C=C\C/C=C\C/C=C\CCCCCCCCCCCCCCC(=O)[O-]. The van der Waals surface area contributed by atoms with Gasteiger partial charge >= 0.3 is 0 Å². The lowest BCUT2D eigenvalue weighted by molar-refractivity contribution is -0.305. The molecule has 36 heavy (non-hydrogen) atoms. The number of hydrogen-bond donors (Lipinski definition) is 0. The van der Waals surface area contributed by atoms with Crippen molar-refractivity contribution >= 4 is 5.97 Å². The van der Waals surface area contributed by atoms with Gasteiger partial charge in [0.05, 0.1) is 0 Å². The van der Waals surface area contributed by atoms with Gasteiger partial charge in [0.2, 0.25) is 0 Å². The Kier molecular flexibility index (Phi) is 29.6. The summed E-state index contributed by atoms with van der Waals surface area (Å²) in [5.41, 5.74) is 0. The van der Waals surface area contributed by atoms with Gasteiger partial charge in [-0.1, -0.05) is 145 Å². The smallest absolute Gasteiger partial charge is 0.0414 e. The summed E-state index contributed by atoms with van der Waals surface area (Å²) in [7, 11) is 0. The van der Waals surface area contributed by atoms with Crippen molar-refractivity contribution in [2.45, 2.75) is 148 Å². The number of carbonyl (C=O) groups is 1. The second-order valence-corrected chi connectivity index (χ2v) is 9.95. The maximum atomic E-state index is 10.3. The minimum atomic E-state index is -0.909. The molecule has 0 amide bonds. The number of carboxylic acids is 1. The van der Waals surface area contributed by atoms with Gasteiger partial charge in [-0.2, -0.15) is 0 Å². The lowest BCUT2D eigenvalue weighted by Crippen LogP contribution is -2.21. The van der Waals surface area contributed by atoms with Crippen molar-refractivity contribution in [3.05, 3.63) is 60.8 Å². The summed E-state index contributed by atoms with van der Waals surface area (Å²) in [6.45, 7) is 2.25. The first-order valence-electron chi connectivity index (χ1n) is 15.2. The first-order chi connectivity index (χ1) is 17.8. The van der Waals surface area contributed by atoms with E-state index in [9.17, 15) is 9.90 Å². The Bertz CT molecular complexity index is 594. The van der Waals surface area contributed by atoms with E-state index in [2.05, 4.69) is 67.7 Å². The van der Waals surface area contributed by atoms with Crippen LogP contribution >= 0.6 is 0 Å². The lowest BCUT2D eigenvalue weighted by Gasteiger charge is -2.03. The Balaban J connectivity index is 3.31. The Morgan fingerprint density at radius 3 is 1.11 bits per heavy atom. The van der Waals surface area contributed by atoms with Crippen LogP contribution in [0.1, 0.15) is 148 Å². The number of carbonyl (C=O) groups excluding carboxylic acids is 1. The highest BCUT2D eigenvalue weighted by atomic mass is 16.4. The minimum Gasteiger partial charge on any atom is -0.550 e. The minimum absolute atomic E-state index is 0.223. The van der Waals surface area contributed by atoms with E-state index in [0.29, 0.717) is 0 Å². The largest absolute Gasteiger partial charge is 0.550 e. The molecule has 0 saturated heterocycles. The molecule has 0 fully saturated rings. The number of carboxylic acid groups (broad SMARTS) is 1. The van der Waals surface area contributed by atoms with Crippen LogP contribution in [0.4, 0.5) is 0 Å². The summed E-state index contributed by atoms with van der Waals surface area (Å²) < 4.78 is 0. The standard InChI is InChI=1S/C34H58O2/c1-2-3-4-5-6-7-8-9-10-11-12-13-14-15-16-17-18-19-20-21-22-23-24-25-26-27-28-29-30-31-32-33-34(35)36/h6-7,9-10,12-13,15-16,18-19H,2-5,8,11,14,17,20-33H2,1H3,(H,35,36)/p-1/b7-6-,10-9-,13-12-,16-15-,19-18-. The molecule has 0 aromatic heterocycles. The molecular weight excluding hydrogens is 440 g/mol. The first kappa shape index (κ1) is 34.2. The van der Waals surface area contributed by atoms with Gasteiger partial charge in [-0.05, 0) is 64.2 Å². The van der Waals surface area contributed by atoms with Crippen LogP contribution in [0.15, 0.2) is 60.8 Å². The third-order valence-corrected chi connectivity index (χ3v) is 6.40. The molecule has 0 aliphatic rings. The summed E-state index contributed by atoms with van der Waals surface area (Å²) in [5.74, 6) is -0.909. The zero-order valence-electron chi connectivity index (χ0n) is 23.6. The van der Waals surface area contributed by atoms with Crippen molar-refractivity contribution < 1.29 is 9.90 Å². The van der Waals surface area contributed by atoms with E-state index in [0.717, 1.165) is 38.5 Å². The number of aliphatic carboxylic acids is 1. The van der Waals surface area contributed by atoms with Crippen LogP contribution in [0.3, 0.4) is 0 Å². The third kappa shape index (κ3) is 32.2. The summed E-state index contributed by atoms with van der Waals surface area (Å²) in [4.78, 5) is 10.3. The van der Waals surface area contributed by atoms with Crippen LogP contribution in [-0.4, -0.2) is 5.97 Å². The van der Waals surface area contributed by atoms with Crippen molar-refractivity contribution in [1.82, 2.24) is 0 Å². The van der Waals surface area contributed by atoms with Crippen LogP contribution in [-0.2, 0) is 4.79 Å². The number of unbranched alkanes of at least 4 members (excludes halogenated alkanes) is 15. The van der Waals surface area contributed by atoms with Gasteiger partial charge in [-0.3, -0.25) is 0 Å². The molecule has 2 heteroatoms. The molecule has 0 aromatic rings. The van der Waals surface area contributed by atoms with Gasteiger partial charge < -0.3 is 9.90 Å². The van der Waals surface area contributed by atoms with Crippen LogP contribution in [0, 0.1) is 0 Å². The predicted molar refractivity (Wildman–Crippen MR) is 158 cm³/mol. The summed E-state index contributed by atoms with van der Waals surface area (Å²) in [6.07, 6.45) is 48.6. The van der Waals surface area contributed by atoms with Gasteiger partial charge in [-0.15, -0.1) is 0 Å². The maximum absolute atomic E-state index is 10.3. The van der Waals surface area contributed by atoms with Crippen molar-refractivity contribution in [3.63, 3.8) is 0 Å². The molecule has 2 nitrogen and oxygen atoms in total. The average molecular weight is 498 g/mol. The van der Waals surface area contributed by atoms with Gasteiger partial charge in [0.1, 0.15) is 0 Å². The average Bonchev–Trinajstić information content (AvgIpc) is 2.87. The molecule has 0 aliphatic carbocycles. The zero-order valence-corrected chi connectivity index (χ0v) is 23.6. The summed E-state index contributed by atoms with van der Waals surface area (Å²) in [6, 6.07) is 0. The maximum Gasteiger partial charge on any atom is 0.0414 e. The Hall–Kier alpha value is -1.83. The fraction of sp³-hybridized carbons (Fsp3) is 0.676. The Morgan fingerprint density at radius 1 is 0.444 bits per heavy atom. The van der Waals surface area contributed by atoms with Crippen molar-refractivity contribution in [1.29, 1.82) is 0 Å².